The molecule has 0 saturated carbocycles. The van der Waals surface area contributed by atoms with E-state index < -0.39 is 0 Å². The summed E-state index contributed by atoms with van der Waals surface area (Å²) >= 11 is 3.38. The first-order valence-corrected chi connectivity index (χ1v) is 6.68. The predicted octanol–water partition coefficient (Wildman–Crippen LogP) is 4.95. The molecule has 2 aromatic carbocycles. The lowest BCUT2D eigenvalue weighted by Gasteiger charge is -2.11. The summed E-state index contributed by atoms with van der Waals surface area (Å²) < 4.78 is 6.76. The third kappa shape index (κ3) is 3.05. The van der Waals surface area contributed by atoms with Crippen LogP contribution in [-0.4, -0.2) is 0 Å². The van der Waals surface area contributed by atoms with E-state index in [1.54, 1.807) is 0 Å². The first-order chi connectivity index (χ1) is 8.56. The summed E-state index contributed by atoms with van der Waals surface area (Å²) in [7, 11) is 0. The van der Waals surface area contributed by atoms with Gasteiger partial charge < -0.3 is 10.5 Å². The minimum Gasteiger partial charge on any atom is -0.455 e. The number of hydrogen-bond acceptors (Lipinski definition) is 2. The molecule has 0 radical (unpaired) electrons. The molecule has 0 aliphatic rings. The lowest BCUT2D eigenvalue weighted by Crippen LogP contribution is -1.93. The topological polar surface area (TPSA) is 35.2 Å². The van der Waals surface area contributed by atoms with E-state index in [1.165, 1.54) is 5.56 Å². The maximum absolute atomic E-state index is 5.91. The number of nitrogen functional groups attached to an aromatic ring is 1. The Labute approximate surface area is 116 Å². The van der Waals surface area contributed by atoms with Gasteiger partial charge in [0.25, 0.3) is 0 Å². The molecule has 0 fully saturated rings. The highest BCUT2D eigenvalue weighted by molar-refractivity contribution is 9.10. The SMILES string of the molecule is CC(C)c1cccc(Oc2ccc(Br)cc2N)c1. The Morgan fingerprint density at radius 1 is 1.11 bits per heavy atom. The van der Waals surface area contributed by atoms with Crippen LogP contribution >= 0.6 is 15.9 Å². The molecule has 0 aliphatic heterocycles. The van der Waals surface area contributed by atoms with Crippen molar-refractivity contribution >= 4 is 21.6 Å². The van der Waals surface area contributed by atoms with Gasteiger partial charge in [-0.2, -0.15) is 0 Å². The fourth-order valence-corrected chi connectivity index (χ4v) is 2.06. The van der Waals surface area contributed by atoms with E-state index in [0.717, 1.165) is 10.2 Å². The summed E-state index contributed by atoms with van der Waals surface area (Å²) in [6.45, 7) is 4.32. The highest BCUT2D eigenvalue weighted by Crippen LogP contribution is 2.31. The number of hydrogen-bond donors (Lipinski definition) is 1. The standard InChI is InChI=1S/C15H16BrNO/c1-10(2)11-4-3-5-13(8-11)18-15-7-6-12(16)9-14(15)17/h3-10H,17H2,1-2H3. The maximum Gasteiger partial charge on any atom is 0.150 e. The van der Waals surface area contributed by atoms with Gasteiger partial charge >= 0.3 is 0 Å². The molecule has 0 unspecified atom stereocenters. The van der Waals surface area contributed by atoms with Gasteiger partial charge in [0.15, 0.2) is 0 Å². The second-order valence-electron chi connectivity index (χ2n) is 4.51. The molecule has 0 bridgehead atoms. The Morgan fingerprint density at radius 3 is 2.56 bits per heavy atom. The van der Waals surface area contributed by atoms with Crippen molar-refractivity contribution in [3.05, 3.63) is 52.5 Å². The number of anilines is 1. The minimum absolute atomic E-state index is 0.482. The van der Waals surface area contributed by atoms with Crippen molar-refractivity contribution in [2.75, 3.05) is 5.73 Å². The van der Waals surface area contributed by atoms with Crippen molar-refractivity contribution in [3.63, 3.8) is 0 Å². The highest BCUT2D eigenvalue weighted by Gasteiger charge is 2.05. The van der Waals surface area contributed by atoms with E-state index in [4.69, 9.17) is 10.5 Å². The van der Waals surface area contributed by atoms with Gasteiger partial charge in [0.2, 0.25) is 0 Å². The number of rotatable bonds is 3. The minimum atomic E-state index is 0.482. The van der Waals surface area contributed by atoms with Gasteiger partial charge in [0, 0.05) is 4.47 Å². The lowest BCUT2D eigenvalue weighted by atomic mass is 10.0. The van der Waals surface area contributed by atoms with E-state index in [2.05, 4.69) is 35.8 Å². The van der Waals surface area contributed by atoms with Gasteiger partial charge in [-0.05, 0) is 41.8 Å². The molecule has 2 rings (SSSR count). The van der Waals surface area contributed by atoms with Gasteiger partial charge in [-0.25, -0.2) is 0 Å². The summed E-state index contributed by atoms with van der Waals surface area (Å²) in [5.41, 5.74) is 7.79. The van der Waals surface area contributed by atoms with Gasteiger partial charge in [-0.3, -0.25) is 0 Å². The molecule has 2 nitrogen and oxygen atoms in total. The molecule has 0 spiro atoms. The molecule has 0 amide bonds. The Kier molecular flexibility index (Phi) is 3.92. The molecular formula is C15H16BrNO. The van der Waals surface area contributed by atoms with Crippen LogP contribution in [0.5, 0.6) is 11.5 Å². The van der Waals surface area contributed by atoms with E-state index in [0.29, 0.717) is 17.4 Å². The molecular weight excluding hydrogens is 290 g/mol. The Morgan fingerprint density at radius 2 is 1.89 bits per heavy atom. The van der Waals surface area contributed by atoms with E-state index >= 15 is 0 Å². The molecule has 0 heterocycles. The first kappa shape index (κ1) is 13.0. The van der Waals surface area contributed by atoms with Crippen LogP contribution in [0.3, 0.4) is 0 Å². The summed E-state index contributed by atoms with van der Waals surface area (Å²) in [6.07, 6.45) is 0. The molecule has 2 aromatic rings. The zero-order chi connectivity index (χ0) is 13.1. The molecule has 0 saturated heterocycles. The van der Waals surface area contributed by atoms with Crippen LogP contribution in [0.1, 0.15) is 25.3 Å². The second-order valence-corrected chi connectivity index (χ2v) is 5.43. The van der Waals surface area contributed by atoms with E-state index in [9.17, 15) is 0 Å². The molecule has 2 N–H and O–H groups in total. The quantitative estimate of drug-likeness (QED) is 0.815. The van der Waals surface area contributed by atoms with E-state index in [-0.39, 0.29) is 0 Å². The van der Waals surface area contributed by atoms with Crippen LogP contribution in [-0.2, 0) is 0 Å². The molecule has 94 valence electrons. The van der Waals surface area contributed by atoms with Crippen molar-refractivity contribution < 1.29 is 4.74 Å². The van der Waals surface area contributed by atoms with Gasteiger partial charge in [-0.15, -0.1) is 0 Å². The largest absolute Gasteiger partial charge is 0.455 e. The summed E-state index contributed by atoms with van der Waals surface area (Å²) in [6, 6.07) is 13.7. The lowest BCUT2D eigenvalue weighted by molar-refractivity contribution is 0.484. The average Bonchev–Trinajstić information content (AvgIpc) is 2.33. The summed E-state index contributed by atoms with van der Waals surface area (Å²) in [5.74, 6) is 1.98. The molecule has 18 heavy (non-hydrogen) atoms. The van der Waals surface area contributed by atoms with Crippen molar-refractivity contribution in [3.8, 4) is 11.5 Å². The number of halogens is 1. The van der Waals surface area contributed by atoms with Gasteiger partial charge in [0.05, 0.1) is 5.69 Å². The van der Waals surface area contributed by atoms with Crippen molar-refractivity contribution in [2.45, 2.75) is 19.8 Å². The second kappa shape index (κ2) is 5.44. The predicted molar refractivity (Wildman–Crippen MR) is 79.2 cm³/mol. The fourth-order valence-electron chi connectivity index (χ4n) is 1.68. The molecule has 0 aromatic heterocycles. The Hall–Kier alpha value is -1.48. The maximum atomic E-state index is 5.91. The highest BCUT2D eigenvalue weighted by atomic mass is 79.9. The molecule has 0 aliphatic carbocycles. The summed E-state index contributed by atoms with van der Waals surface area (Å²) in [5, 5.41) is 0. The Bertz CT molecular complexity index is 552. The van der Waals surface area contributed by atoms with Gasteiger partial charge in [-0.1, -0.05) is 41.9 Å². The van der Waals surface area contributed by atoms with E-state index in [1.807, 2.05) is 36.4 Å². The summed E-state index contributed by atoms with van der Waals surface area (Å²) in [4.78, 5) is 0. The van der Waals surface area contributed by atoms with Gasteiger partial charge in [0.1, 0.15) is 11.5 Å². The monoisotopic (exact) mass is 305 g/mol. The number of benzene rings is 2. The van der Waals surface area contributed by atoms with Crippen molar-refractivity contribution in [2.24, 2.45) is 0 Å². The zero-order valence-electron chi connectivity index (χ0n) is 10.5. The van der Waals surface area contributed by atoms with Crippen molar-refractivity contribution in [1.82, 2.24) is 0 Å². The van der Waals surface area contributed by atoms with Crippen LogP contribution in [0, 0.1) is 0 Å². The van der Waals surface area contributed by atoms with Crippen LogP contribution < -0.4 is 10.5 Å². The van der Waals surface area contributed by atoms with Crippen LogP contribution in [0.4, 0.5) is 5.69 Å². The number of ether oxygens (including phenoxy) is 1. The van der Waals surface area contributed by atoms with Crippen LogP contribution in [0.15, 0.2) is 46.9 Å². The smallest absolute Gasteiger partial charge is 0.150 e. The fraction of sp³-hybridized carbons (Fsp3) is 0.200. The third-order valence-corrected chi connectivity index (χ3v) is 3.22. The normalized spacial score (nSPS) is 10.7. The zero-order valence-corrected chi connectivity index (χ0v) is 12.1. The van der Waals surface area contributed by atoms with Crippen molar-refractivity contribution in [1.29, 1.82) is 0 Å². The average molecular weight is 306 g/mol. The Balaban J connectivity index is 2.25. The van der Waals surface area contributed by atoms with Crippen LogP contribution in [0.2, 0.25) is 0 Å². The van der Waals surface area contributed by atoms with Crippen LogP contribution in [0.25, 0.3) is 0 Å². The molecule has 3 heteroatoms. The molecule has 0 atom stereocenters. The first-order valence-electron chi connectivity index (χ1n) is 5.89. The third-order valence-electron chi connectivity index (χ3n) is 2.72. The number of nitrogens with two attached hydrogens (primary N) is 1.